The van der Waals surface area contributed by atoms with Crippen LogP contribution in [0.15, 0.2) is 41.1 Å². The van der Waals surface area contributed by atoms with Crippen LogP contribution in [0.2, 0.25) is 0 Å². The van der Waals surface area contributed by atoms with Crippen molar-refractivity contribution in [3.8, 4) is 17.3 Å². The van der Waals surface area contributed by atoms with Crippen molar-refractivity contribution in [2.45, 2.75) is 43.9 Å². The van der Waals surface area contributed by atoms with Crippen molar-refractivity contribution in [3.63, 3.8) is 0 Å². The normalized spacial score (nSPS) is 23.5. The highest BCUT2D eigenvalue weighted by Crippen LogP contribution is 2.35. The number of pyridine rings is 1. The molecule has 1 aliphatic carbocycles. The highest BCUT2D eigenvalue weighted by molar-refractivity contribution is 5.92. The minimum atomic E-state index is 0.0910. The summed E-state index contributed by atoms with van der Waals surface area (Å²) >= 11 is 0. The Balaban J connectivity index is 1.38. The summed E-state index contributed by atoms with van der Waals surface area (Å²) in [7, 11) is 0. The van der Waals surface area contributed by atoms with E-state index in [1.54, 1.807) is 16.9 Å². The predicted molar refractivity (Wildman–Crippen MR) is 115 cm³/mol. The van der Waals surface area contributed by atoms with Crippen molar-refractivity contribution < 1.29 is 14.3 Å². The maximum Gasteiger partial charge on any atom is 0.232 e. The fraction of sp³-hybridized carbons (Fsp3) is 0.409. The Hall–Kier alpha value is -3.17. The van der Waals surface area contributed by atoms with E-state index >= 15 is 0 Å². The van der Waals surface area contributed by atoms with Gasteiger partial charge in [-0.3, -0.25) is 0 Å². The maximum absolute atomic E-state index is 9.74. The van der Waals surface area contributed by atoms with Crippen LogP contribution in [0, 0.1) is 0 Å². The number of anilines is 1. The molecule has 2 fully saturated rings. The number of hydrogen-bond acceptors (Lipinski definition) is 8. The number of rotatable bonds is 5. The predicted octanol–water partition coefficient (Wildman–Crippen LogP) is 2.37. The van der Waals surface area contributed by atoms with Crippen LogP contribution in [-0.2, 0) is 0 Å². The van der Waals surface area contributed by atoms with Gasteiger partial charge >= 0.3 is 0 Å². The third kappa shape index (κ3) is 3.12. The first-order chi connectivity index (χ1) is 15.2. The fourth-order valence-corrected chi connectivity index (χ4v) is 4.57. The minimum absolute atomic E-state index is 0.0910. The maximum atomic E-state index is 9.74. The zero-order chi connectivity index (χ0) is 20.9. The van der Waals surface area contributed by atoms with Crippen molar-refractivity contribution in [1.82, 2.24) is 19.6 Å². The third-order valence-electron chi connectivity index (χ3n) is 6.29. The van der Waals surface area contributed by atoms with Gasteiger partial charge in [0.05, 0.1) is 24.2 Å². The van der Waals surface area contributed by atoms with Crippen LogP contribution in [0.3, 0.4) is 0 Å². The molecule has 6 rings (SSSR count). The van der Waals surface area contributed by atoms with Crippen molar-refractivity contribution >= 4 is 22.4 Å². The first-order valence-corrected chi connectivity index (χ1v) is 10.7. The summed E-state index contributed by atoms with van der Waals surface area (Å²) in [5, 5.41) is 15.3. The van der Waals surface area contributed by atoms with Gasteiger partial charge in [0, 0.05) is 24.8 Å². The molecule has 9 heteroatoms. The number of furan rings is 1. The first-order valence-electron chi connectivity index (χ1n) is 10.7. The average molecular weight is 420 g/mol. The molecule has 1 atom stereocenters. The summed E-state index contributed by atoms with van der Waals surface area (Å²) in [6, 6.07) is 7.87. The molecule has 0 radical (unpaired) electrons. The zero-order valence-corrected chi connectivity index (χ0v) is 17.0. The lowest BCUT2D eigenvalue weighted by molar-refractivity contribution is 0.0944. The molecule has 0 aromatic carbocycles. The molecule has 4 aromatic rings. The third-order valence-corrected chi connectivity index (χ3v) is 6.29. The Morgan fingerprint density at radius 2 is 2.13 bits per heavy atom. The smallest absolute Gasteiger partial charge is 0.232 e. The highest BCUT2D eigenvalue weighted by atomic mass is 16.5. The van der Waals surface area contributed by atoms with Gasteiger partial charge in [-0.2, -0.15) is 0 Å². The molecular weight excluding hydrogens is 396 g/mol. The standard InChI is InChI=1S/C22H24N6O3/c23-13-8-15(9-13)30-21-4-3-20-25-11-17(28(20)26-21)19-10-16-18(31-19)5-6-24-22(16)27-7-1-2-14(27)12-29/h3-6,10-11,13-15,29H,1-2,7-9,12,23H2. The molecule has 1 saturated heterocycles. The quantitative estimate of drug-likeness (QED) is 0.506. The lowest BCUT2D eigenvalue weighted by atomic mass is 9.90. The molecule has 31 heavy (non-hydrogen) atoms. The molecular formula is C22H24N6O3. The van der Waals surface area contributed by atoms with Crippen LogP contribution in [0.4, 0.5) is 5.82 Å². The van der Waals surface area contributed by atoms with Crippen LogP contribution in [0.25, 0.3) is 28.1 Å². The van der Waals surface area contributed by atoms with Crippen LogP contribution < -0.4 is 15.4 Å². The second-order valence-corrected chi connectivity index (χ2v) is 8.39. The van der Waals surface area contributed by atoms with Crippen LogP contribution in [0.5, 0.6) is 5.88 Å². The van der Waals surface area contributed by atoms with Gasteiger partial charge in [0.1, 0.15) is 23.2 Å². The summed E-state index contributed by atoms with van der Waals surface area (Å²) in [4.78, 5) is 11.2. The number of nitrogens with zero attached hydrogens (tertiary/aromatic N) is 5. The summed E-state index contributed by atoms with van der Waals surface area (Å²) < 4.78 is 13.9. The number of fused-ring (bicyclic) bond motifs is 2. The van der Waals surface area contributed by atoms with E-state index in [9.17, 15) is 5.11 Å². The lowest BCUT2D eigenvalue weighted by Gasteiger charge is -2.31. The molecule has 0 amide bonds. The Bertz CT molecular complexity index is 1240. The number of nitrogens with two attached hydrogens (primary N) is 1. The van der Waals surface area contributed by atoms with E-state index in [0.717, 1.165) is 54.7 Å². The first kappa shape index (κ1) is 18.6. The van der Waals surface area contributed by atoms with Gasteiger partial charge in [0.15, 0.2) is 11.4 Å². The number of imidazole rings is 1. The SMILES string of the molecule is NC1CC(Oc2ccc3ncc(-c4cc5c(N6CCCC6CO)nccc5o4)n3n2)C1. The second kappa shape index (κ2) is 7.21. The molecule has 5 heterocycles. The van der Waals surface area contributed by atoms with Crippen molar-refractivity contribution in [2.24, 2.45) is 5.73 Å². The number of aromatic nitrogens is 4. The van der Waals surface area contributed by atoms with E-state index in [1.165, 1.54) is 0 Å². The summed E-state index contributed by atoms with van der Waals surface area (Å²) in [5.74, 6) is 2.05. The van der Waals surface area contributed by atoms with Crippen molar-refractivity contribution in [3.05, 3.63) is 36.7 Å². The van der Waals surface area contributed by atoms with Crippen LogP contribution >= 0.6 is 0 Å². The van der Waals surface area contributed by atoms with E-state index < -0.39 is 0 Å². The van der Waals surface area contributed by atoms with Crippen molar-refractivity contribution in [1.29, 1.82) is 0 Å². The van der Waals surface area contributed by atoms with Gasteiger partial charge in [-0.25, -0.2) is 14.5 Å². The van der Waals surface area contributed by atoms with E-state index in [-0.39, 0.29) is 24.8 Å². The topological polar surface area (TPSA) is 115 Å². The van der Waals surface area contributed by atoms with E-state index in [4.69, 9.17) is 14.9 Å². The van der Waals surface area contributed by atoms with E-state index in [0.29, 0.717) is 17.3 Å². The summed E-state index contributed by atoms with van der Waals surface area (Å²) in [6.45, 7) is 0.995. The average Bonchev–Trinajstić information content (AvgIpc) is 3.48. The molecule has 1 aliphatic heterocycles. The molecule has 3 N–H and O–H groups in total. The van der Waals surface area contributed by atoms with Gasteiger partial charge in [0.25, 0.3) is 0 Å². The number of aliphatic hydroxyl groups excluding tert-OH is 1. The Kier molecular flexibility index (Phi) is 4.32. The summed E-state index contributed by atoms with van der Waals surface area (Å²) in [5.41, 5.74) is 8.06. The largest absolute Gasteiger partial charge is 0.473 e. The van der Waals surface area contributed by atoms with Gasteiger partial charge in [-0.1, -0.05) is 0 Å². The molecule has 0 bridgehead atoms. The highest BCUT2D eigenvalue weighted by Gasteiger charge is 2.29. The van der Waals surface area contributed by atoms with Crippen LogP contribution in [-0.4, -0.2) is 56.0 Å². The number of ether oxygens (including phenoxy) is 1. The summed E-state index contributed by atoms with van der Waals surface area (Å²) in [6.07, 6.45) is 7.32. The molecule has 1 unspecified atom stereocenters. The second-order valence-electron chi connectivity index (χ2n) is 8.39. The minimum Gasteiger partial charge on any atom is -0.473 e. The number of aliphatic hydroxyl groups is 1. The Labute approximate surface area is 178 Å². The molecule has 9 nitrogen and oxygen atoms in total. The molecule has 2 aliphatic rings. The number of hydrogen-bond donors (Lipinski definition) is 2. The van der Waals surface area contributed by atoms with Gasteiger partial charge in [-0.15, -0.1) is 5.10 Å². The lowest BCUT2D eigenvalue weighted by Crippen LogP contribution is -2.43. The molecule has 0 spiro atoms. The molecule has 1 saturated carbocycles. The van der Waals surface area contributed by atoms with E-state index in [1.807, 2.05) is 24.3 Å². The monoisotopic (exact) mass is 420 g/mol. The molecule has 160 valence electrons. The van der Waals surface area contributed by atoms with Gasteiger partial charge < -0.3 is 24.9 Å². The Morgan fingerprint density at radius 3 is 2.97 bits per heavy atom. The van der Waals surface area contributed by atoms with E-state index in [2.05, 4.69) is 20.0 Å². The van der Waals surface area contributed by atoms with Crippen molar-refractivity contribution in [2.75, 3.05) is 18.1 Å². The zero-order valence-electron chi connectivity index (χ0n) is 17.0. The van der Waals surface area contributed by atoms with Gasteiger partial charge in [0.2, 0.25) is 5.88 Å². The fourth-order valence-electron chi connectivity index (χ4n) is 4.57. The Morgan fingerprint density at radius 1 is 1.23 bits per heavy atom. The van der Waals surface area contributed by atoms with Crippen LogP contribution in [0.1, 0.15) is 25.7 Å². The molecule has 4 aromatic heterocycles. The van der Waals surface area contributed by atoms with Gasteiger partial charge in [-0.05, 0) is 43.9 Å².